The van der Waals surface area contributed by atoms with Crippen LogP contribution in [-0.2, 0) is 14.8 Å². The zero-order chi connectivity index (χ0) is 13.1. The van der Waals surface area contributed by atoms with Gasteiger partial charge in [-0.05, 0) is 19.1 Å². The molecule has 0 saturated heterocycles. The smallest absolute Gasteiger partial charge is 0.242 e. The van der Waals surface area contributed by atoms with Crippen molar-refractivity contribution in [1.82, 2.24) is 9.71 Å². The van der Waals surface area contributed by atoms with Crippen molar-refractivity contribution >= 4 is 15.9 Å². The van der Waals surface area contributed by atoms with Crippen molar-refractivity contribution < 1.29 is 13.2 Å². The third-order valence-electron chi connectivity index (χ3n) is 1.92. The van der Waals surface area contributed by atoms with Crippen LogP contribution in [0.4, 0.5) is 0 Å². The molecular weight excluding hydrogens is 244 g/mol. The second-order valence-corrected chi connectivity index (χ2v) is 4.95. The summed E-state index contributed by atoms with van der Waals surface area (Å²) in [5.74, 6) is -0.782. The highest BCUT2D eigenvalue weighted by atomic mass is 32.2. The lowest BCUT2D eigenvalue weighted by Gasteiger charge is -2.10. The highest BCUT2D eigenvalue weighted by molar-refractivity contribution is 7.89. The number of amides is 1. The molecule has 1 amide bonds. The monoisotopic (exact) mass is 254 g/mol. The Hall–Kier alpha value is -1.98. The summed E-state index contributed by atoms with van der Waals surface area (Å²) >= 11 is 0. The number of hydrogen-bond acceptors (Lipinski definition) is 5. The lowest BCUT2D eigenvalue weighted by atomic mass is 10.4. The van der Waals surface area contributed by atoms with Gasteiger partial charge in [0.05, 0.1) is 6.04 Å². The lowest BCUT2D eigenvalue weighted by molar-refractivity contribution is -0.119. The molecule has 90 valence electrons. The summed E-state index contributed by atoms with van der Waals surface area (Å²) in [6, 6.07) is 3.24. The standard InChI is InChI=1S/C9H10N4O3S/c1-6(9(11)14)13-17(15,16)8-3-2-7(4-10)12-5-8/h2-3,5-6,13H,1H3,(H2,11,14). The van der Waals surface area contributed by atoms with Crippen LogP contribution in [0, 0.1) is 11.3 Å². The molecule has 1 aromatic heterocycles. The van der Waals surface area contributed by atoms with E-state index in [9.17, 15) is 13.2 Å². The Kier molecular flexibility index (Phi) is 3.77. The number of hydrogen-bond donors (Lipinski definition) is 2. The summed E-state index contributed by atoms with van der Waals surface area (Å²) < 4.78 is 25.5. The lowest BCUT2D eigenvalue weighted by Crippen LogP contribution is -2.42. The first-order valence-corrected chi connectivity index (χ1v) is 6.03. The second kappa shape index (κ2) is 4.90. The van der Waals surface area contributed by atoms with E-state index < -0.39 is 22.0 Å². The van der Waals surface area contributed by atoms with Crippen molar-refractivity contribution in [2.75, 3.05) is 0 Å². The number of aromatic nitrogens is 1. The first kappa shape index (κ1) is 13.1. The number of nitriles is 1. The molecule has 0 spiro atoms. The molecule has 0 radical (unpaired) electrons. The summed E-state index contributed by atoms with van der Waals surface area (Å²) in [6.07, 6.45) is 1.04. The van der Waals surface area contributed by atoms with Gasteiger partial charge in [0.15, 0.2) is 0 Å². The zero-order valence-electron chi connectivity index (χ0n) is 8.91. The molecule has 1 unspecified atom stereocenters. The maximum atomic E-state index is 11.7. The largest absolute Gasteiger partial charge is 0.368 e. The van der Waals surface area contributed by atoms with Gasteiger partial charge in [0.25, 0.3) is 0 Å². The van der Waals surface area contributed by atoms with Crippen molar-refractivity contribution in [3.63, 3.8) is 0 Å². The molecule has 0 fully saturated rings. The van der Waals surface area contributed by atoms with E-state index in [0.29, 0.717) is 0 Å². The third-order valence-corrected chi connectivity index (χ3v) is 3.45. The molecule has 1 aromatic rings. The van der Waals surface area contributed by atoms with Gasteiger partial charge in [-0.25, -0.2) is 13.4 Å². The predicted octanol–water partition coefficient (Wildman–Crippen LogP) is -0.895. The molecule has 7 nitrogen and oxygen atoms in total. The van der Waals surface area contributed by atoms with Crippen molar-refractivity contribution in [1.29, 1.82) is 5.26 Å². The van der Waals surface area contributed by atoms with E-state index in [1.807, 2.05) is 0 Å². The van der Waals surface area contributed by atoms with Crippen LogP contribution in [0.2, 0.25) is 0 Å². The molecule has 0 bridgehead atoms. The molecule has 0 aliphatic rings. The molecule has 1 heterocycles. The topological polar surface area (TPSA) is 126 Å². The number of nitrogens with one attached hydrogen (secondary N) is 1. The van der Waals surface area contributed by atoms with Crippen LogP contribution in [0.1, 0.15) is 12.6 Å². The predicted molar refractivity (Wildman–Crippen MR) is 57.9 cm³/mol. The van der Waals surface area contributed by atoms with Crippen LogP contribution in [0.25, 0.3) is 0 Å². The van der Waals surface area contributed by atoms with E-state index in [4.69, 9.17) is 11.0 Å². The van der Waals surface area contributed by atoms with Gasteiger partial charge >= 0.3 is 0 Å². The van der Waals surface area contributed by atoms with Gasteiger partial charge in [-0.1, -0.05) is 0 Å². The third kappa shape index (κ3) is 3.24. The van der Waals surface area contributed by atoms with Gasteiger partial charge in [0, 0.05) is 6.20 Å². The highest BCUT2D eigenvalue weighted by Crippen LogP contribution is 2.07. The van der Waals surface area contributed by atoms with Crippen molar-refractivity contribution in [3.8, 4) is 6.07 Å². The highest BCUT2D eigenvalue weighted by Gasteiger charge is 2.20. The van der Waals surface area contributed by atoms with Crippen molar-refractivity contribution in [3.05, 3.63) is 24.0 Å². The number of nitrogens with zero attached hydrogens (tertiary/aromatic N) is 2. The molecule has 3 N–H and O–H groups in total. The zero-order valence-corrected chi connectivity index (χ0v) is 9.73. The average Bonchev–Trinajstić information content (AvgIpc) is 2.28. The van der Waals surface area contributed by atoms with Crippen LogP contribution in [-0.4, -0.2) is 25.4 Å². The fourth-order valence-corrected chi connectivity index (χ4v) is 2.12. The molecule has 17 heavy (non-hydrogen) atoms. The van der Waals surface area contributed by atoms with Crippen LogP contribution >= 0.6 is 0 Å². The molecule has 1 rings (SSSR count). The second-order valence-electron chi connectivity index (χ2n) is 3.24. The van der Waals surface area contributed by atoms with E-state index in [0.717, 1.165) is 6.20 Å². The first-order chi connectivity index (χ1) is 7.86. The first-order valence-electron chi connectivity index (χ1n) is 4.54. The quantitative estimate of drug-likeness (QED) is 0.720. The minimum absolute atomic E-state index is 0.104. The van der Waals surface area contributed by atoms with E-state index in [1.165, 1.54) is 19.1 Å². The summed E-state index contributed by atoms with van der Waals surface area (Å²) in [5.41, 5.74) is 5.05. The van der Waals surface area contributed by atoms with E-state index >= 15 is 0 Å². The summed E-state index contributed by atoms with van der Waals surface area (Å²) in [7, 11) is -3.85. The summed E-state index contributed by atoms with van der Waals surface area (Å²) in [4.78, 5) is 14.2. The Morgan fingerprint density at radius 1 is 1.59 bits per heavy atom. The minimum Gasteiger partial charge on any atom is -0.368 e. The number of primary amides is 1. The van der Waals surface area contributed by atoms with Gasteiger partial charge in [-0.2, -0.15) is 9.98 Å². The number of carbonyl (C=O) groups is 1. The van der Waals surface area contributed by atoms with Gasteiger partial charge in [0.2, 0.25) is 15.9 Å². The molecule has 0 saturated carbocycles. The minimum atomic E-state index is -3.85. The van der Waals surface area contributed by atoms with Crippen LogP contribution < -0.4 is 10.5 Å². The molecule has 0 aliphatic carbocycles. The maximum absolute atomic E-state index is 11.7. The SMILES string of the molecule is CC(NS(=O)(=O)c1ccc(C#N)nc1)C(N)=O. The molecule has 0 aliphatic heterocycles. The summed E-state index contributed by atoms with van der Waals surface area (Å²) in [5, 5.41) is 8.51. The van der Waals surface area contributed by atoms with Gasteiger partial charge in [-0.15, -0.1) is 0 Å². The van der Waals surface area contributed by atoms with E-state index in [1.54, 1.807) is 6.07 Å². The van der Waals surface area contributed by atoms with Crippen LogP contribution in [0.3, 0.4) is 0 Å². The normalized spacial score (nSPS) is 12.7. The molecular formula is C9H10N4O3S. The Balaban J connectivity index is 2.98. The number of sulfonamides is 1. The van der Waals surface area contributed by atoms with Gasteiger partial charge in [0.1, 0.15) is 16.7 Å². The average molecular weight is 254 g/mol. The van der Waals surface area contributed by atoms with Crippen molar-refractivity contribution in [2.45, 2.75) is 17.9 Å². The Morgan fingerprint density at radius 2 is 2.24 bits per heavy atom. The van der Waals surface area contributed by atoms with Gasteiger partial charge < -0.3 is 5.73 Å². The van der Waals surface area contributed by atoms with Crippen molar-refractivity contribution in [2.24, 2.45) is 5.73 Å². The number of pyridine rings is 1. The fourth-order valence-electron chi connectivity index (χ4n) is 0.964. The van der Waals surface area contributed by atoms with Crippen LogP contribution in [0.5, 0.6) is 0 Å². The summed E-state index contributed by atoms with van der Waals surface area (Å²) in [6.45, 7) is 1.33. The Bertz CT molecular complexity index is 559. The number of carbonyl (C=O) groups excluding carboxylic acids is 1. The fraction of sp³-hybridized carbons (Fsp3) is 0.222. The van der Waals surface area contributed by atoms with E-state index in [2.05, 4.69) is 9.71 Å². The Labute approximate surface area is 98.3 Å². The molecule has 8 heteroatoms. The van der Waals surface area contributed by atoms with Gasteiger partial charge in [-0.3, -0.25) is 4.79 Å². The number of rotatable bonds is 4. The molecule has 0 aromatic carbocycles. The van der Waals surface area contributed by atoms with Crippen LogP contribution in [0.15, 0.2) is 23.2 Å². The Morgan fingerprint density at radius 3 is 2.65 bits per heavy atom. The molecule has 1 atom stereocenters. The maximum Gasteiger partial charge on any atom is 0.242 e. The number of nitrogens with two attached hydrogens (primary N) is 1. The van der Waals surface area contributed by atoms with E-state index in [-0.39, 0.29) is 10.6 Å².